The SMILES string of the molecule is CNc1nccc(-c2n[nH]c3nc(N4CCC(C)(CN)CC4)cnc23)c1Cl. The van der Waals surface area contributed by atoms with Gasteiger partial charge in [0.25, 0.3) is 0 Å². The Labute approximate surface area is 162 Å². The fraction of sp³-hybridized carbons (Fsp3) is 0.444. The Morgan fingerprint density at radius 1 is 1.33 bits per heavy atom. The molecule has 4 N–H and O–H groups in total. The highest BCUT2D eigenvalue weighted by atomic mass is 35.5. The molecule has 0 saturated carbocycles. The third-order valence-corrected chi connectivity index (χ3v) is 5.81. The molecule has 27 heavy (non-hydrogen) atoms. The monoisotopic (exact) mass is 386 g/mol. The number of hydrogen-bond acceptors (Lipinski definition) is 7. The van der Waals surface area contributed by atoms with Gasteiger partial charge >= 0.3 is 0 Å². The van der Waals surface area contributed by atoms with E-state index < -0.39 is 0 Å². The van der Waals surface area contributed by atoms with Crippen molar-refractivity contribution >= 4 is 34.4 Å². The molecule has 0 amide bonds. The summed E-state index contributed by atoms with van der Waals surface area (Å²) in [5, 5.41) is 10.9. The normalized spacial score (nSPS) is 16.7. The molecule has 0 aromatic carbocycles. The number of rotatable bonds is 4. The second kappa shape index (κ2) is 6.94. The molecule has 1 fully saturated rings. The number of pyridine rings is 1. The second-order valence-electron chi connectivity index (χ2n) is 7.27. The van der Waals surface area contributed by atoms with Crippen molar-refractivity contribution in [3.8, 4) is 11.3 Å². The highest BCUT2D eigenvalue weighted by Crippen LogP contribution is 2.35. The summed E-state index contributed by atoms with van der Waals surface area (Å²) in [6.45, 7) is 4.82. The second-order valence-corrected chi connectivity index (χ2v) is 7.65. The summed E-state index contributed by atoms with van der Waals surface area (Å²) >= 11 is 6.45. The number of fused-ring (bicyclic) bond motifs is 1. The van der Waals surface area contributed by atoms with Gasteiger partial charge < -0.3 is 16.0 Å². The predicted octanol–water partition coefficient (Wildman–Crippen LogP) is 2.68. The van der Waals surface area contributed by atoms with Gasteiger partial charge in [0.2, 0.25) is 0 Å². The number of nitrogens with two attached hydrogens (primary N) is 1. The number of halogens is 1. The molecule has 4 rings (SSSR count). The molecule has 1 aliphatic rings. The molecule has 8 nitrogen and oxygen atoms in total. The van der Waals surface area contributed by atoms with Gasteiger partial charge in [0.1, 0.15) is 22.8 Å². The van der Waals surface area contributed by atoms with E-state index in [1.54, 1.807) is 19.4 Å². The molecule has 9 heteroatoms. The van der Waals surface area contributed by atoms with Crippen molar-refractivity contribution in [2.24, 2.45) is 11.1 Å². The molecule has 0 bridgehead atoms. The molecule has 142 valence electrons. The van der Waals surface area contributed by atoms with E-state index in [1.807, 2.05) is 6.07 Å². The van der Waals surface area contributed by atoms with Crippen LogP contribution in [0.1, 0.15) is 19.8 Å². The number of aromatic amines is 1. The quantitative estimate of drug-likeness (QED) is 0.632. The van der Waals surface area contributed by atoms with E-state index in [4.69, 9.17) is 22.3 Å². The highest BCUT2D eigenvalue weighted by molar-refractivity contribution is 6.35. The Balaban J connectivity index is 1.65. The predicted molar refractivity (Wildman–Crippen MR) is 108 cm³/mol. The summed E-state index contributed by atoms with van der Waals surface area (Å²) in [4.78, 5) is 15.8. The van der Waals surface area contributed by atoms with Crippen LogP contribution in [0, 0.1) is 5.41 Å². The standard InChI is InChI=1S/C18H23ClN8/c1-18(10-20)4-7-27(8-5-18)12-9-23-15-14(25-26-17(15)24-12)11-3-6-22-16(21-2)13(11)19/h3,6,9H,4-5,7-8,10,20H2,1-2H3,(H,21,22)(H,24,25,26). The topological polar surface area (TPSA) is 109 Å². The lowest BCUT2D eigenvalue weighted by molar-refractivity contribution is 0.258. The van der Waals surface area contributed by atoms with Gasteiger partial charge in [-0.2, -0.15) is 5.10 Å². The van der Waals surface area contributed by atoms with Crippen LogP contribution in [0.2, 0.25) is 5.02 Å². The van der Waals surface area contributed by atoms with Crippen molar-refractivity contribution in [2.75, 3.05) is 36.9 Å². The van der Waals surface area contributed by atoms with Crippen molar-refractivity contribution in [1.82, 2.24) is 25.1 Å². The molecular weight excluding hydrogens is 364 g/mol. The maximum absolute atomic E-state index is 6.45. The number of hydrogen-bond donors (Lipinski definition) is 3. The van der Waals surface area contributed by atoms with E-state index in [0.29, 0.717) is 27.7 Å². The Kier molecular flexibility index (Phi) is 4.61. The zero-order valence-corrected chi connectivity index (χ0v) is 16.2. The lowest BCUT2D eigenvalue weighted by Crippen LogP contribution is -2.42. The molecular formula is C18H23ClN8. The van der Waals surface area contributed by atoms with Crippen molar-refractivity contribution in [3.05, 3.63) is 23.5 Å². The van der Waals surface area contributed by atoms with Crippen LogP contribution in [-0.2, 0) is 0 Å². The zero-order chi connectivity index (χ0) is 19.0. The summed E-state index contributed by atoms with van der Waals surface area (Å²) in [5.41, 5.74) is 8.90. The van der Waals surface area contributed by atoms with Gasteiger partial charge in [0.05, 0.1) is 11.2 Å². The first kappa shape index (κ1) is 17.9. The average molecular weight is 387 g/mol. The fourth-order valence-electron chi connectivity index (χ4n) is 3.41. The summed E-state index contributed by atoms with van der Waals surface area (Å²) < 4.78 is 0. The first-order valence-electron chi connectivity index (χ1n) is 9.03. The number of anilines is 2. The van der Waals surface area contributed by atoms with Crippen LogP contribution in [0.5, 0.6) is 0 Å². The number of aromatic nitrogens is 5. The van der Waals surface area contributed by atoms with Crippen LogP contribution < -0.4 is 16.0 Å². The lowest BCUT2D eigenvalue weighted by Gasteiger charge is -2.39. The van der Waals surface area contributed by atoms with E-state index >= 15 is 0 Å². The zero-order valence-electron chi connectivity index (χ0n) is 15.5. The largest absolute Gasteiger partial charge is 0.372 e. The van der Waals surface area contributed by atoms with Crippen LogP contribution in [0.15, 0.2) is 18.5 Å². The van der Waals surface area contributed by atoms with Crippen molar-refractivity contribution in [2.45, 2.75) is 19.8 Å². The highest BCUT2D eigenvalue weighted by Gasteiger charge is 2.29. The van der Waals surface area contributed by atoms with Crippen molar-refractivity contribution < 1.29 is 0 Å². The minimum atomic E-state index is 0.221. The minimum absolute atomic E-state index is 0.221. The molecule has 3 aromatic heterocycles. The molecule has 4 heterocycles. The molecule has 0 spiro atoms. The summed E-state index contributed by atoms with van der Waals surface area (Å²) in [6.07, 6.45) is 5.60. The van der Waals surface area contributed by atoms with Gasteiger partial charge in [-0.15, -0.1) is 0 Å². The average Bonchev–Trinajstić information content (AvgIpc) is 3.12. The molecule has 1 saturated heterocycles. The maximum Gasteiger partial charge on any atom is 0.177 e. The van der Waals surface area contributed by atoms with E-state index in [9.17, 15) is 0 Å². The minimum Gasteiger partial charge on any atom is -0.372 e. The Hall–Kier alpha value is -2.45. The van der Waals surface area contributed by atoms with Crippen LogP contribution in [-0.4, -0.2) is 51.8 Å². The molecule has 1 aliphatic heterocycles. The van der Waals surface area contributed by atoms with Crippen molar-refractivity contribution in [3.63, 3.8) is 0 Å². The first-order chi connectivity index (χ1) is 13.0. The van der Waals surface area contributed by atoms with Gasteiger partial charge in [-0.05, 0) is 30.9 Å². The number of nitrogens with zero attached hydrogens (tertiary/aromatic N) is 5. The number of H-pyrrole nitrogens is 1. The van der Waals surface area contributed by atoms with Crippen LogP contribution in [0.3, 0.4) is 0 Å². The molecule has 0 aliphatic carbocycles. The smallest absolute Gasteiger partial charge is 0.177 e. The molecule has 0 radical (unpaired) electrons. The van der Waals surface area contributed by atoms with Crippen molar-refractivity contribution in [1.29, 1.82) is 0 Å². The number of nitrogens with one attached hydrogen (secondary N) is 2. The third kappa shape index (κ3) is 3.19. The van der Waals surface area contributed by atoms with Gasteiger partial charge in [-0.3, -0.25) is 5.10 Å². The molecule has 3 aromatic rings. The molecule has 0 atom stereocenters. The lowest BCUT2D eigenvalue weighted by atomic mass is 9.80. The van der Waals surface area contributed by atoms with Crippen LogP contribution >= 0.6 is 11.6 Å². The van der Waals surface area contributed by atoms with E-state index in [-0.39, 0.29) is 5.41 Å². The maximum atomic E-state index is 6.45. The summed E-state index contributed by atoms with van der Waals surface area (Å²) in [7, 11) is 1.78. The Morgan fingerprint density at radius 2 is 2.11 bits per heavy atom. The van der Waals surface area contributed by atoms with Crippen LogP contribution in [0.4, 0.5) is 11.6 Å². The Morgan fingerprint density at radius 3 is 2.81 bits per heavy atom. The van der Waals surface area contributed by atoms with Crippen LogP contribution in [0.25, 0.3) is 22.4 Å². The van der Waals surface area contributed by atoms with E-state index in [0.717, 1.165) is 43.9 Å². The fourth-order valence-corrected chi connectivity index (χ4v) is 3.71. The van der Waals surface area contributed by atoms with E-state index in [2.05, 4.69) is 37.3 Å². The molecule has 0 unspecified atom stereocenters. The Bertz CT molecular complexity index is 961. The summed E-state index contributed by atoms with van der Waals surface area (Å²) in [5.74, 6) is 1.46. The van der Waals surface area contributed by atoms with E-state index in [1.165, 1.54) is 0 Å². The van der Waals surface area contributed by atoms with Gasteiger partial charge in [0.15, 0.2) is 5.65 Å². The van der Waals surface area contributed by atoms with Gasteiger partial charge in [-0.25, -0.2) is 15.0 Å². The third-order valence-electron chi connectivity index (χ3n) is 5.43. The summed E-state index contributed by atoms with van der Waals surface area (Å²) in [6, 6.07) is 1.83. The van der Waals surface area contributed by atoms with Gasteiger partial charge in [-0.1, -0.05) is 18.5 Å². The number of piperidine rings is 1. The van der Waals surface area contributed by atoms with Gasteiger partial charge in [0, 0.05) is 31.9 Å². The first-order valence-corrected chi connectivity index (χ1v) is 9.41.